The maximum Gasteiger partial charge on any atom is 0.253 e. The number of amides is 3. The zero-order chi connectivity index (χ0) is 22.0. The van der Waals surface area contributed by atoms with Gasteiger partial charge in [-0.15, -0.1) is 0 Å². The molecule has 2 N–H and O–H groups in total. The van der Waals surface area contributed by atoms with Crippen LogP contribution in [-0.4, -0.2) is 57.1 Å². The van der Waals surface area contributed by atoms with Gasteiger partial charge in [0, 0.05) is 50.3 Å². The van der Waals surface area contributed by atoms with Crippen molar-refractivity contribution in [2.24, 2.45) is 5.73 Å². The Hall–Kier alpha value is -3.29. The lowest BCUT2D eigenvalue weighted by Crippen LogP contribution is -2.38. The molecule has 0 atom stereocenters. The van der Waals surface area contributed by atoms with Crippen molar-refractivity contribution in [2.45, 2.75) is 45.1 Å². The summed E-state index contributed by atoms with van der Waals surface area (Å²) in [5, 5.41) is 0. The Balaban J connectivity index is 1.38. The Labute approximate surface area is 181 Å². The molecule has 2 saturated heterocycles. The van der Waals surface area contributed by atoms with Crippen molar-refractivity contribution < 1.29 is 14.4 Å². The highest BCUT2D eigenvalue weighted by Gasteiger charge is 2.27. The molecule has 4 rings (SSSR count). The molecular weight excluding hydrogens is 394 g/mol. The molecule has 0 spiro atoms. The number of aryl methyl sites for hydroxylation is 1. The Morgan fingerprint density at radius 3 is 2.61 bits per heavy atom. The van der Waals surface area contributed by atoms with Crippen LogP contribution in [0, 0.1) is 6.92 Å². The molecule has 0 unspecified atom stereocenters. The van der Waals surface area contributed by atoms with Crippen molar-refractivity contribution in [2.75, 3.05) is 19.6 Å². The average molecular weight is 422 g/mol. The summed E-state index contributed by atoms with van der Waals surface area (Å²) in [4.78, 5) is 48.8. The van der Waals surface area contributed by atoms with E-state index in [1.165, 1.54) is 6.20 Å². The van der Waals surface area contributed by atoms with Crippen molar-refractivity contribution in [3.05, 3.63) is 58.7 Å². The van der Waals surface area contributed by atoms with Crippen LogP contribution in [-0.2, 0) is 11.3 Å². The predicted octanol–water partition coefficient (Wildman–Crippen LogP) is 2.03. The van der Waals surface area contributed by atoms with E-state index in [1.54, 1.807) is 6.92 Å². The van der Waals surface area contributed by atoms with Crippen molar-refractivity contribution >= 4 is 17.7 Å². The summed E-state index contributed by atoms with van der Waals surface area (Å²) in [7, 11) is 0. The summed E-state index contributed by atoms with van der Waals surface area (Å²) in [6.45, 7) is 4.34. The second kappa shape index (κ2) is 8.83. The third-order valence-electron chi connectivity index (χ3n) is 6.13. The normalized spacial score (nSPS) is 17.3. The van der Waals surface area contributed by atoms with Crippen LogP contribution in [0.2, 0.25) is 0 Å². The van der Waals surface area contributed by atoms with Gasteiger partial charge in [-0.25, -0.2) is 9.97 Å². The van der Waals surface area contributed by atoms with Gasteiger partial charge in [0.2, 0.25) is 5.91 Å². The van der Waals surface area contributed by atoms with Gasteiger partial charge in [0.25, 0.3) is 11.8 Å². The molecule has 2 aliphatic heterocycles. The van der Waals surface area contributed by atoms with Crippen LogP contribution < -0.4 is 5.73 Å². The quantitative estimate of drug-likeness (QED) is 0.794. The standard InChI is InChI=1S/C23H27N5O3/c1-15-19(21(24)30)13-25-22(26-15)17-7-10-27(11-8-17)23(31)18-5-2-4-16(12-18)14-28-9-3-6-20(28)29/h2,4-5,12-13,17H,3,6-11,14H2,1H3,(H2,24,30). The molecule has 31 heavy (non-hydrogen) atoms. The van der Waals surface area contributed by atoms with Gasteiger partial charge in [-0.05, 0) is 43.9 Å². The second-order valence-electron chi connectivity index (χ2n) is 8.28. The number of nitrogens with zero attached hydrogens (tertiary/aromatic N) is 4. The third kappa shape index (κ3) is 4.57. The van der Waals surface area contributed by atoms with Crippen LogP contribution in [0.1, 0.15) is 69.4 Å². The minimum Gasteiger partial charge on any atom is -0.365 e. The SMILES string of the molecule is Cc1nc(C2CCN(C(=O)c3cccc(CN4CCCC4=O)c3)CC2)ncc1C(N)=O. The fourth-order valence-electron chi connectivity index (χ4n) is 4.34. The van der Waals surface area contributed by atoms with Gasteiger partial charge in [0.05, 0.1) is 11.3 Å². The van der Waals surface area contributed by atoms with E-state index < -0.39 is 5.91 Å². The summed E-state index contributed by atoms with van der Waals surface area (Å²) in [6.07, 6.45) is 4.54. The number of primary amides is 1. The molecule has 2 aliphatic rings. The second-order valence-corrected chi connectivity index (χ2v) is 8.28. The smallest absolute Gasteiger partial charge is 0.253 e. The number of carbonyl (C=O) groups excluding carboxylic acids is 3. The topological polar surface area (TPSA) is 109 Å². The summed E-state index contributed by atoms with van der Waals surface area (Å²) < 4.78 is 0. The van der Waals surface area contributed by atoms with Crippen LogP contribution in [0.5, 0.6) is 0 Å². The largest absolute Gasteiger partial charge is 0.365 e. The molecule has 3 heterocycles. The zero-order valence-corrected chi connectivity index (χ0v) is 17.7. The van der Waals surface area contributed by atoms with E-state index in [1.807, 2.05) is 34.1 Å². The lowest BCUT2D eigenvalue weighted by atomic mass is 9.95. The number of benzene rings is 1. The van der Waals surface area contributed by atoms with Gasteiger partial charge in [0.15, 0.2) is 0 Å². The lowest BCUT2D eigenvalue weighted by Gasteiger charge is -2.31. The Kier molecular flexibility index (Phi) is 5.97. The molecule has 1 aromatic heterocycles. The van der Waals surface area contributed by atoms with Crippen LogP contribution in [0.15, 0.2) is 30.5 Å². The predicted molar refractivity (Wildman–Crippen MR) is 114 cm³/mol. The molecular formula is C23H27N5O3. The maximum absolute atomic E-state index is 13.0. The average Bonchev–Trinajstić information content (AvgIpc) is 3.17. The number of nitrogens with two attached hydrogens (primary N) is 1. The van der Waals surface area contributed by atoms with Gasteiger partial charge in [-0.2, -0.15) is 0 Å². The minimum absolute atomic E-state index is 0.00854. The fraction of sp³-hybridized carbons (Fsp3) is 0.435. The number of carbonyl (C=O) groups is 3. The van der Waals surface area contributed by atoms with Gasteiger partial charge in [0.1, 0.15) is 5.82 Å². The van der Waals surface area contributed by atoms with E-state index >= 15 is 0 Å². The first-order chi connectivity index (χ1) is 14.9. The summed E-state index contributed by atoms with van der Waals surface area (Å²) in [5.41, 5.74) is 7.89. The highest BCUT2D eigenvalue weighted by molar-refractivity contribution is 5.94. The number of aromatic nitrogens is 2. The molecule has 0 radical (unpaired) electrons. The van der Waals surface area contributed by atoms with Crippen molar-refractivity contribution in [3.63, 3.8) is 0 Å². The molecule has 1 aromatic carbocycles. The highest BCUT2D eigenvalue weighted by Crippen LogP contribution is 2.27. The minimum atomic E-state index is -0.527. The molecule has 0 saturated carbocycles. The van der Waals surface area contributed by atoms with Crippen LogP contribution >= 0.6 is 0 Å². The zero-order valence-electron chi connectivity index (χ0n) is 17.7. The number of hydrogen-bond donors (Lipinski definition) is 1. The molecule has 8 nitrogen and oxygen atoms in total. The number of piperidine rings is 1. The Morgan fingerprint density at radius 1 is 1.19 bits per heavy atom. The first kappa shape index (κ1) is 21.0. The molecule has 3 amide bonds. The van der Waals surface area contributed by atoms with Crippen LogP contribution in [0.3, 0.4) is 0 Å². The monoisotopic (exact) mass is 421 g/mol. The molecule has 0 aliphatic carbocycles. The summed E-state index contributed by atoms with van der Waals surface area (Å²) in [5.74, 6) is 0.513. The Morgan fingerprint density at radius 2 is 1.97 bits per heavy atom. The van der Waals surface area contributed by atoms with Gasteiger partial charge in [-0.1, -0.05) is 12.1 Å². The first-order valence-corrected chi connectivity index (χ1v) is 10.7. The van der Waals surface area contributed by atoms with Gasteiger partial charge >= 0.3 is 0 Å². The van der Waals surface area contributed by atoms with Crippen molar-refractivity contribution in [3.8, 4) is 0 Å². The van der Waals surface area contributed by atoms with Gasteiger partial charge in [-0.3, -0.25) is 14.4 Å². The maximum atomic E-state index is 13.0. The number of likely N-dealkylation sites (tertiary alicyclic amines) is 2. The molecule has 8 heteroatoms. The van der Waals surface area contributed by atoms with E-state index in [0.717, 1.165) is 31.4 Å². The first-order valence-electron chi connectivity index (χ1n) is 10.7. The van der Waals surface area contributed by atoms with Gasteiger partial charge < -0.3 is 15.5 Å². The van der Waals surface area contributed by atoms with Crippen LogP contribution in [0.25, 0.3) is 0 Å². The molecule has 2 aromatic rings. The van der Waals surface area contributed by atoms with E-state index in [4.69, 9.17) is 5.73 Å². The molecule has 0 bridgehead atoms. The lowest BCUT2D eigenvalue weighted by molar-refractivity contribution is -0.128. The van der Waals surface area contributed by atoms with Crippen molar-refractivity contribution in [1.82, 2.24) is 19.8 Å². The summed E-state index contributed by atoms with van der Waals surface area (Å²) >= 11 is 0. The fourth-order valence-corrected chi connectivity index (χ4v) is 4.34. The molecule has 162 valence electrons. The van der Waals surface area contributed by atoms with Crippen molar-refractivity contribution in [1.29, 1.82) is 0 Å². The highest BCUT2D eigenvalue weighted by atomic mass is 16.2. The van der Waals surface area contributed by atoms with Crippen LogP contribution in [0.4, 0.5) is 0 Å². The van der Waals surface area contributed by atoms with E-state index in [2.05, 4.69) is 9.97 Å². The molecule has 2 fully saturated rings. The number of rotatable bonds is 5. The number of hydrogen-bond acceptors (Lipinski definition) is 5. The third-order valence-corrected chi connectivity index (χ3v) is 6.13. The van der Waals surface area contributed by atoms with E-state index in [0.29, 0.717) is 48.7 Å². The Bertz CT molecular complexity index is 1010. The van der Waals surface area contributed by atoms with E-state index in [9.17, 15) is 14.4 Å². The van der Waals surface area contributed by atoms with E-state index in [-0.39, 0.29) is 17.7 Å². The summed E-state index contributed by atoms with van der Waals surface area (Å²) in [6, 6.07) is 7.57.